The number of methoxy groups -OCH3 is 1. The Hall–Kier alpha value is -2.73. The molecular weight excluding hydrogens is 500 g/mol. The quantitative estimate of drug-likeness (QED) is 0.0940. The van der Waals surface area contributed by atoms with Crippen molar-refractivity contribution in [2.45, 2.75) is 52.9 Å². The van der Waals surface area contributed by atoms with Crippen LogP contribution in [0, 0.1) is 17.3 Å². The Morgan fingerprint density at radius 2 is 1.69 bits per heavy atom. The zero-order valence-electron chi connectivity index (χ0n) is 24.1. The van der Waals surface area contributed by atoms with Gasteiger partial charge in [-0.25, -0.2) is 0 Å². The molecule has 5 rings (SSSR count). The Kier molecular flexibility index (Phi) is 9.81. The molecule has 1 fully saturated rings. The summed E-state index contributed by atoms with van der Waals surface area (Å²) in [6.07, 6.45) is 9.76. The van der Waals surface area contributed by atoms with Crippen LogP contribution in [0.5, 0.6) is 0 Å². The van der Waals surface area contributed by atoms with Gasteiger partial charge in [0.05, 0.1) is 19.8 Å². The number of hydrogen-bond acceptors (Lipinski definition) is 4. The van der Waals surface area contributed by atoms with E-state index in [4.69, 9.17) is 13.9 Å². The minimum absolute atomic E-state index is 0.231. The molecule has 39 heavy (non-hydrogen) atoms. The summed E-state index contributed by atoms with van der Waals surface area (Å²) in [5.41, 5.74) is 2.75. The summed E-state index contributed by atoms with van der Waals surface area (Å²) in [6.45, 7) is 12.3. The number of carbonyl (C=O) groups excluding carboxylic acids is 1. The van der Waals surface area contributed by atoms with E-state index < -0.39 is 8.32 Å². The van der Waals surface area contributed by atoms with E-state index >= 15 is 0 Å². The van der Waals surface area contributed by atoms with Gasteiger partial charge in [-0.2, -0.15) is 0 Å². The lowest BCUT2D eigenvalue weighted by molar-refractivity contribution is -0.141. The highest BCUT2D eigenvalue weighted by atomic mass is 28.4. The van der Waals surface area contributed by atoms with E-state index in [0.717, 1.165) is 42.4 Å². The molecule has 0 aliphatic heterocycles. The summed E-state index contributed by atoms with van der Waals surface area (Å²) in [7, 11) is -1.23. The molecule has 2 unspecified atom stereocenters. The first-order chi connectivity index (χ1) is 18.8. The topological polar surface area (TPSA) is 44.8 Å². The number of esters is 1. The van der Waals surface area contributed by atoms with Crippen LogP contribution < -0.4 is 10.4 Å². The SMILES string of the molecule is C=C(COC)/C(=C/CCCCOC(C)=O)[Si](OCC1=CCC2CC1C2(C)C)(c1ccccc1)c1ccccc1. The minimum atomic E-state index is -2.95. The van der Waals surface area contributed by atoms with Crippen molar-refractivity contribution >= 4 is 24.7 Å². The van der Waals surface area contributed by atoms with Gasteiger partial charge in [-0.3, -0.25) is 4.79 Å². The first kappa shape index (κ1) is 29.3. The molecule has 208 valence electrons. The molecule has 2 bridgehead atoms. The second-order valence-corrected chi connectivity index (χ2v) is 14.9. The number of unbranched alkanes of at least 4 members (excludes halogenated alkanes) is 2. The average molecular weight is 545 g/mol. The third kappa shape index (κ3) is 6.37. The van der Waals surface area contributed by atoms with Gasteiger partial charge in [-0.15, -0.1) is 0 Å². The Bertz CT molecular complexity index is 1140. The molecule has 5 heteroatoms. The molecule has 3 aliphatic rings. The largest absolute Gasteiger partial charge is 0.466 e. The van der Waals surface area contributed by atoms with Crippen LogP contribution in [-0.2, 0) is 18.7 Å². The second kappa shape index (κ2) is 13.1. The highest BCUT2D eigenvalue weighted by molar-refractivity contribution is 7.03. The fraction of sp³-hybridized carbons (Fsp3) is 0.441. The van der Waals surface area contributed by atoms with E-state index in [1.54, 1.807) is 7.11 Å². The molecule has 2 atom stereocenters. The van der Waals surface area contributed by atoms with Gasteiger partial charge in [0.1, 0.15) is 0 Å². The number of allylic oxidation sites excluding steroid dienone is 2. The third-order valence-corrected chi connectivity index (χ3v) is 12.9. The van der Waals surface area contributed by atoms with Crippen molar-refractivity contribution in [3.05, 3.63) is 95.7 Å². The lowest BCUT2D eigenvalue weighted by atomic mass is 9.49. The first-order valence-corrected chi connectivity index (χ1v) is 16.2. The van der Waals surface area contributed by atoms with Gasteiger partial charge in [0.25, 0.3) is 8.32 Å². The summed E-state index contributed by atoms with van der Waals surface area (Å²) < 4.78 is 18.2. The Morgan fingerprint density at radius 3 is 2.23 bits per heavy atom. The predicted molar refractivity (Wildman–Crippen MR) is 162 cm³/mol. The maximum absolute atomic E-state index is 11.2. The van der Waals surface area contributed by atoms with Gasteiger partial charge < -0.3 is 13.9 Å². The van der Waals surface area contributed by atoms with Crippen LogP contribution in [0.15, 0.2) is 95.7 Å². The van der Waals surface area contributed by atoms with E-state index in [1.165, 1.54) is 29.3 Å². The predicted octanol–water partition coefficient (Wildman–Crippen LogP) is 6.16. The molecule has 0 aromatic heterocycles. The van der Waals surface area contributed by atoms with Crippen LogP contribution in [0.3, 0.4) is 0 Å². The van der Waals surface area contributed by atoms with E-state index in [1.807, 2.05) is 0 Å². The Morgan fingerprint density at radius 1 is 1.05 bits per heavy atom. The molecule has 4 nitrogen and oxygen atoms in total. The van der Waals surface area contributed by atoms with Gasteiger partial charge in [-0.1, -0.05) is 93.2 Å². The summed E-state index contributed by atoms with van der Waals surface area (Å²) in [4.78, 5) is 11.2. The van der Waals surface area contributed by atoms with Crippen LogP contribution >= 0.6 is 0 Å². The average Bonchev–Trinajstić information content (AvgIpc) is 2.95. The zero-order valence-corrected chi connectivity index (χ0v) is 25.1. The molecule has 2 aromatic carbocycles. The molecule has 0 spiro atoms. The monoisotopic (exact) mass is 544 g/mol. The number of benzene rings is 2. The highest BCUT2D eigenvalue weighted by Crippen LogP contribution is 2.59. The standard InChI is InChI=1S/C34H44O4Si/c1-26(24-36-5)33(19-13-8-14-22-37-27(2)35)39(30-15-9-6-10-16-30,31-17-11-7-12-18-31)38-25-28-20-21-29-23-32(28)34(29,3)4/h6-7,9-12,15-20,29,32H,1,8,13-14,21-25H2,2-5H3/b33-19-. The fourth-order valence-corrected chi connectivity index (χ4v) is 10.6. The van der Waals surface area contributed by atoms with E-state index in [9.17, 15) is 4.79 Å². The molecule has 0 saturated heterocycles. The van der Waals surface area contributed by atoms with Gasteiger partial charge in [0, 0.05) is 14.0 Å². The van der Waals surface area contributed by atoms with E-state index in [0.29, 0.717) is 31.2 Å². The Balaban J connectivity index is 1.75. The third-order valence-electron chi connectivity index (χ3n) is 8.73. The lowest BCUT2D eigenvalue weighted by Gasteiger charge is -2.56. The van der Waals surface area contributed by atoms with Crippen LogP contribution in [0.2, 0.25) is 0 Å². The van der Waals surface area contributed by atoms with Gasteiger partial charge in [-0.05, 0) is 76.1 Å². The van der Waals surface area contributed by atoms with Crippen molar-refractivity contribution in [3.8, 4) is 0 Å². The van der Waals surface area contributed by atoms with Crippen LogP contribution in [-0.4, -0.2) is 41.2 Å². The Labute approximate surface area is 235 Å². The number of hydrogen-bond donors (Lipinski definition) is 0. The molecule has 3 aliphatic carbocycles. The number of fused-ring (bicyclic) bond motifs is 1. The minimum Gasteiger partial charge on any atom is -0.466 e. The molecular formula is C34H44O4Si. The van der Waals surface area contributed by atoms with E-state index in [-0.39, 0.29) is 5.97 Å². The summed E-state index contributed by atoms with van der Waals surface area (Å²) >= 11 is 0. The smallest absolute Gasteiger partial charge is 0.302 e. The summed E-state index contributed by atoms with van der Waals surface area (Å²) in [5, 5.41) is 3.58. The van der Waals surface area contributed by atoms with Crippen molar-refractivity contribution in [2.75, 3.05) is 26.9 Å². The van der Waals surface area contributed by atoms with Crippen LogP contribution in [0.4, 0.5) is 0 Å². The van der Waals surface area contributed by atoms with Crippen molar-refractivity contribution in [1.82, 2.24) is 0 Å². The highest BCUT2D eigenvalue weighted by Gasteiger charge is 2.52. The summed E-state index contributed by atoms with van der Waals surface area (Å²) in [6, 6.07) is 21.4. The van der Waals surface area contributed by atoms with Crippen LogP contribution in [0.25, 0.3) is 0 Å². The lowest BCUT2D eigenvalue weighted by Crippen LogP contribution is -2.63. The molecule has 0 N–H and O–H groups in total. The summed E-state index contributed by atoms with van der Waals surface area (Å²) in [5.74, 6) is 1.15. The van der Waals surface area contributed by atoms with E-state index in [2.05, 4.69) is 93.2 Å². The van der Waals surface area contributed by atoms with Gasteiger partial charge >= 0.3 is 5.97 Å². The molecule has 1 saturated carbocycles. The molecule has 2 aromatic rings. The molecule has 0 heterocycles. The van der Waals surface area contributed by atoms with Gasteiger partial charge in [0.15, 0.2) is 0 Å². The zero-order chi connectivity index (χ0) is 27.9. The van der Waals surface area contributed by atoms with Gasteiger partial charge in [0.2, 0.25) is 0 Å². The van der Waals surface area contributed by atoms with Crippen LogP contribution in [0.1, 0.15) is 52.9 Å². The van der Waals surface area contributed by atoms with Crippen molar-refractivity contribution in [2.24, 2.45) is 17.3 Å². The normalized spacial score (nSPS) is 20.1. The molecule has 0 radical (unpaired) electrons. The number of carbonyl (C=O) groups is 1. The maximum atomic E-state index is 11.2. The number of ether oxygens (including phenoxy) is 2. The first-order valence-electron chi connectivity index (χ1n) is 14.3. The molecule has 0 amide bonds. The number of rotatable bonds is 14. The second-order valence-electron chi connectivity index (χ2n) is 11.5. The van der Waals surface area contributed by atoms with Crippen molar-refractivity contribution in [1.29, 1.82) is 0 Å². The van der Waals surface area contributed by atoms with Crippen molar-refractivity contribution in [3.63, 3.8) is 0 Å². The fourth-order valence-electron chi connectivity index (χ4n) is 6.40. The maximum Gasteiger partial charge on any atom is 0.302 e. The van der Waals surface area contributed by atoms with Crippen molar-refractivity contribution < 1.29 is 18.7 Å².